The minimum Gasteiger partial charge on any atom is -0.508 e. The van der Waals surface area contributed by atoms with Crippen molar-refractivity contribution in [2.24, 2.45) is 4.99 Å². The molecule has 0 radical (unpaired) electrons. The van der Waals surface area contributed by atoms with Crippen LogP contribution in [0.3, 0.4) is 0 Å². The predicted octanol–water partition coefficient (Wildman–Crippen LogP) is 3.69. The van der Waals surface area contributed by atoms with Gasteiger partial charge in [0.1, 0.15) is 17.2 Å². The number of allylic oxidation sites excluding steroid dienone is 1. The lowest BCUT2D eigenvalue weighted by Crippen LogP contribution is -2.19. The van der Waals surface area contributed by atoms with E-state index in [1.54, 1.807) is 36.4 Å². The Bertz CT molecular complexity index is 850. The summed E-state index contributed by atoms with van der Waals surface area (Å²) in [4.78, 5) is 17.2. The number of hydrogen-bond donors (Lipinski definition) is 3. The van der Waals surface area contributed by atoms with Crippen molar-refractivity contribution in [3.05, 3.63) is 58.5 Å². The molecular weight excluding hydrogens is 324 g/mol. The van der Waals surface area contributed by atoms with Crippen LogP contribution in [0.1, 0.15) is 18.1 Å². The molecule has 0 bridgehead atoms. The summed E-state index contributed by atoms with van der Waals surface area (Å²) in [6, 6.07) is 11.8. The number of thioether (sulfide) groups is 1. The molecule has 0 unspecified atom stereocenters. The van der Waals surface area contributed by atoms with Crippen LogP contribution in [0.15, 0.2) is 52.4 Å². The molecule has 1 aliphatic rings. The smallest absolute Gasteiger partial charge is 0.264 e. The maximum Gasteiger partial charge on any atom is 0.264 e. The van der Waals surface area contributed by atoms with Gasteiger partial charge < -0.3 is 15.5 Å². The molecule has 122 valence electrons. The number of amides is 1. The first-order chi connectivity index (χ1) is 11.5. The molecule has 3 rings (SSSR count). The van der Waals surface area contributed by atoms with Gasteiger partial charge in [0, 0.05) is 0 Å². The fraction of sp³-hybridized carbons (Fsp3) is 0.111. The third-order valence-electron chi connectivity index (χ3n) is 3.70. The van der Waals surface area contributed by atoms with Gasteiger partial charge in [-0.2, -0.15) is 0 Å². The molecular formula is C18H16N2O3S. The lowest BCUT2D eigenvalue weighted by Gasteiger charge is -2.04. The van der Waals surface area contributed by atoms with Crippen LogP contribution in [-0.2, 0) is 4.79 Å². The Labute approximate surface area is 143 Å². The van der Waals surface area contributed by atoms with Crippen LogP contribution in [0.25, 0.3) is 5.57 Å². The van der Waals surface area contributed by atoms with Crippen molar-refractivity contribution in [3.8, 4) is 11.5 Å². The lowest BCUT2D eigenvalue weighted by atomic mass is 10.1. The Morgan fingerprint density at radius 2 is 1.83 bits per heavy atom. The van der Waals surface area contributed by atoms with Gasteiger partial charge in [-0.3, -0.25) is 4.79 Å². The van der Waals surface area contributed by atoms with E-state index in [2.05, 4.69) is 10.3 Å². The van der Waals surface area contributed by atoms with Gasteiger partial charge in [0.2, 0.25) is 0 Å². The summed E-state index contributed by atoms with van der Waals surface area (Å²) in [5.74, 6) is 0.0276. The Morgan fingerprint density at radius 1 is 1.12 bits per heavy atom. The molecule has 3 N–H and O–H groups in total. The number of rotatable bonds is 2. The number of amidine groups is 1. The largest absolute Gasteiger partial charge is 0.508 e. The summed E-state index contributed by atoms with van der Waals surface area (Å²) < 4.78 is 0. The first-order valence-corrected chi connectivity index (χ1v) is 8.14. The molecule has 1 amide bonds. The maximum absolute atomic E-state index is 12.2. The van der Waals surface area contributed by atoms with Gasteiger partial charge >= 0.3 is 0 Å². The topological polar surface area (TPSA) is 81.9 Å². The van der Waals surface area contributed by atoms with Crippen LogP contribution < -0.4 is 5.32 Å². The molecule has 1 aliphatic heterocycles. The van der Waals surface area contributed by atoms with Crippen molar-refractivity contribution >= 4 is 34.1 Å². The number of benzene rings is 2. The van der Waals surface area contributed by atoms with Crippen molar-refractivity contribution in [2.75, 3.05) is 0 Å². The third kappa shape index (κ3) is 3.14. The normalized spacial score (nSPS) is 17.9. The van der Waals surface area contributed by atoms with Gasteiger partial charge in [-0.1, -0.05) is 24.3 Å². The molecule has 1 heterocycles. The van der Waals surface area contributed by atoms with Crippen molar-refractivity contribution in [3.63, 3.8) is 0 Å². The van der Waals surface area contributed by atoms with Crippen LogP contribution in [0.4, 0.5) is 5.69 Å². The Morgan fingerprint density at radius 3 is 2.50 bits per heavy atom. The highest BCUT2D eigenvalue weighted by Crippen LogP contribution is 2.36. The number of phenols is 2. The average molecular weight is 340 g/mol. The molecule has 0 saturated carbocycles. The van der Waals surface area contributed by atoms with Crippen molar-refractivity contribution in [1.82, 2.24) is 5.32 Å². The molecule has 1 saturated heterocycles. The minimum atomic E-state index is -0.225. The van der Waals surface area contributed by atoms with Gasteiger partial charge in [-0.25, -0.2) is 4.99 Å². The summed E-state index contributed by atoms with van der Waals surface area (Å²) in [7, 11) is 0. The molecule has 0 spiro atoms. The highest BCUT2D eigenvalue weighted by molar-refractivity contribution is 8.18. The molecule has 5 nitrogen and oxygen atoms in total. The van der Waals surface area contributed by atoms with Crippen molar-refractivity contribution < 1.29 is 15.0 Å². The van der Waals surface area contributed by atoms with Gasteiger partial charge in [0.25, 0.3) is 5.91 Å². The number of aryl methyl sites for hydroxylation is 1. The zero-order chi connectivity index (χ0) is 17.3. The number of hydrogen-bond acceptors (Lipinski definition) is 5. The van der Waals surface area contributed by atoms with Crippen LogP contribution in [0.2, 0.25) is 0 Å². The number of phenolic OH excluding ortho intramolecular Hbond substituents is 2. The molecule has 6 heteroatoms. The van der Waals surface area contributed by atoms with Gasteiger partial charge in [0.05, 0.1) is 4.91 Å². The molecule has 0 atom stereocenters. The van der Waals surface area contributed by atoms with Crippen LogP contribution in [0.5, 0.6) is 11.5 Å². The second-order valence-corrected chi connectivity index (χ2v) is 6.42. The second-order valence-electron chi connectivity index (χ2n) is 5.42. The first-order valence-electron chi connectivity index (χ1n) is 7.32. The van der Waals surface area contributed by atoms with E-state index in [0.717, 1.165) is 16.7 Å². The zero-order valence-corrected chi connectivity index (χ0v) is 14.0. The van der Waals surface area contributed by atoms with E-state index in [4.69, 9.17) is 0 Å². The van der Waals surface area contributed by atoms with Gasteiger partial charge in [-0.15, -0.1) is 0 Å². The molecule has 2 aromatic rings. The van der Waals surface area contributed by atoms with E-state index in [9.17, 15) is 15.0 Å². The molecule has 24 heavy (non-hydrogen) atoms. The van der Waals surface area contributed by atoms with Gasteiger partial charge in [0.15, 0.2) is 5.17 Å². The SMILES string of the molecule is C/C(=C1/SC(=Nc2c(C)cccc2O)NC1=O)c1ccc(O)cc1. The summed E-state index contributed by atoms with van der Waals surface area (Å²) in [6.07, 6.45) is 0. The predicted molar refractivity (Wildman–Crippen MR) is 96.4 cm³/mol. The summed E-state index contributed by atoms with van der Waals surface area (Å²) >= 11 is 1.23. The number of nitrogens with one attached hydrogen (secondary N) is 1. The quantitative estimate of drug-likeness (QED) is 0.728. The summed E-state index contributed by atoms with van der Waals surface area (Å²) in [5.41, 5.74) is 2.93. The number of para-hydroxylation sites is 1. The first kappa shape index (κ1) is 16.1. The molecule has 0 aromatic heterocycles. The number of carbonyl (C=O) groups excluding carboxylic acids is 1. The van der Waals surface area contributed by atoms with Crippen LogP contribution in [0, 0.1) is 6.92 Å². The Kier molecular flexibility index (Phi) is 4.31. The van der Waals surface area contributed by atoms with Crippen LogP contribution >= 0.6 is 11.8 Å². The number of carbonyl (C=O) groups is 1. The Balaban J connectivity index is 1.95. The zero-order valence-electron chi connectivity index (χ0n) is 13.2. The van der Waals surface area contributed by atoms with Crippen molar-refractivity contribution in [2.45, 2.75) is 13.8 Å². The summed E-state index contributed by atoms with van der Waals surface area (Å²) in [5, 5.41) is 22.5. The maximum atomic E-state index is 12.2. The standard InChI is InChI=1S/C18H16N2O3S/c1-10-4-3-5-14(22)15(10)19-18-20-17(23)16(24-18)11(2)12-6-8-13(21)9-7-12/h3-9,21-22H,1-2H3,(H,19,20,23)/b16-11-. The molecule has 0 aliphatic carbocycles. The molecule has 1 fully saturated rings. The monoisotopic (exact) mass is 340 g/mol. The van der Waals surface area contributed by atoms with E-state index >= 15 is 0 Å². The minimum absolute atomic E-state index is 0.0741. The van der Waals surface area contributed by atoms with Gasteiger partial charge in [-0.05, 0) is 60.5 Å². The average Bonchev–Trinajstić information content (AvgIpc) is 2.92. The number of aromatic hydroxyl groups is 2. The van der Waals surface area contributed by atoms with E-state index in [1.165, 1.54) is 11.8 Å². The fourth-order valence-electron chi connectivity index (χ4n) is 2.35. The lowest BCUT2D eigenvalue weighted by molar-refractivity contribution is -0.115. The molecule has 2 aromatic carbocycles. The third-order valence-corrected chi connectivity index (χ3v) is 4.78. The van der Waals surface area contributed by atoms with E-state index < -0.39 is 0 Å². The van der Waals surface area contributed by atoms with Crippen LogP contribution in [-0.4, -0.2) is 21.3 Å². The van der Waals surface area contributed by atoms with Crippen molar-refractivity contribution in [1.29, 1.82) is 0 Å². The number of aliphatic imine (C=N–C) groups is 1. The Hall–Kier alpha value is -2.73. The van der Waals surface area contributed by atoms with E-state index in [1.807, 2.05) is 19.9 Å². The van der Waals surface area contributed by atoms with E-state index in [-0.39, 0.29) is 17.4 Å². The second kappa shape index (κ2) is 6.41. The van der Waals surface area contributed by atoms with E-state index in [0.29, 0.717) is 15.8 Å². The summed E-state index contributed by atoms with van der Waals surface area (Å²) in [6.45, 7) is 3.70. The highest BCUT2D eigenvalue weighted by atomic mass is 32.2. The fourth-order valence-corrected chi connectivity index (χ4v) is 3.24. The number of nitrogens with zero attached hydrogens (tertiary/aromatic N) is 1. The highest BCUT2D eigenvalue weighted by Gasteiger charge is 2.26.